The number of nitrogens with zero attached hydrogens (tertiary/aromatic N) is 2. The van der Waals surface area contributed by atoms with Crippen LogP contribution in [0, 0.1) is 6.92 Å². The van der Waals surface area contributed by atoms with Crippen LogP contribution >= 0.6 is 11.6 Å². The molecular formula is C11H13ClN2O2. The summed E-state index contributed by atoms with van der Waals surface area (Å²) < 4.78 is 10.3. The van der Waals surface area contributed by atoms with Crippen molar-refractivity contribution in [2.24, 2.45) is 0 Å². The molecule has 0 fully saturated rings. The molecule has 4 nitrogen and oxygen atoms in total. The first kappa shape index (κ1) is 11.2. The van der Waals surface area contributed by atoms with Gasteiger partial charge in [0.15, 0.2) is 5.82 Å². The molecule has 0 spiro atoms. The molecule has 2 aromatic rings. The molecule has 0 bridgehead atoms. The van der Waals surface area contributed by atoms with Gasteiger partial charge in [-0.3, -0.25) is 0 Å². The minimum absolute atomic E-state index is 0.185. The van der Waals surface area contributed by atoms with Gasteiger partial charge in [-0.1, -0.05) is 18.5 Å². The van der Waals surface area contributed by atoms with Gasteiger partial charge in [0.05, 0.1) is 10.9 Å². The van der Waals surface area contributed by atoms with Gasteiger partial charge < -0.3 is 8.94 Å². The van der Waals surface area contributed by atoms with E-state index < -0.39 is 0 Å². The van der Waals surface area contributed by atoms with Crippen LogP contribution in [0.1, 0.15) is 36.7 Å². The molecule has 2 aromatic heterocycles. The van der Waals surface area contributed by atoms with Crippen molar-refractivity contribution in [2.45, 2.75) is 32.1 Å². The van der Waals surface area contributed by atoms with Crippen molar-refractivity contribution in [3.63, 3.8) is 0 Å². The van der Waals surface area contributed by atoms with Crippen LogP contribution in [0.25, 0.3) is 11.5 Å². The van der Waals surface area contributed by atoms with Crippen molar-refractivity contribution >= 4 is 11.6 Å². The van der Waals surface area contributed by atoms with Gasteiger partial charge in [0, 0.05) is 0 Å². The molecule has 0 aliphatic carbocycles. The maximum Gasteiger partial charge on any atom is 0.261 e. The lowest BCUT2D eigenvalue weighted by atomic mass is 10.2. The number of aromatic nitrogens is 2. The third-order valence-electron chi connectivity index (χ3n) is 2.24. The number of hydrogen-bond acceptors (Lipinski definition) is 4. The second kappa shape index (κ2) is 4.70. The zero-order valence-electron chi connectivity index (χ0n) is 9.24. The van der Waals surface area contributed by atoms with E-state index in [4.69, 9.17) is 20.5 Å². The zero-order valence-corrected chi connectivity index (χ0v) is 9.99. The molecule has 2 rings (SSSR count). The van der Waals surface area contributed by atoms with Crippen molar-refractivity contribution in [3.05, 3.63) is 23.9 Å². The van der Waals surface area contributed by atoms with Crippen LogP contribution in [0.15, 0.2) is 21.3 Å². The molecular weight excluding hydrogens is 228 g/mol. The summed E-state index contributed by atoms with van der Waals surface area (Å²) in [5, 5.41) is 3.68. The van der Waals surface area contributed by atoms with E-state index in [9.17, 15) is 0 Å². The maximum atomic E-state index is 6.10. The highest BCUT2D eigenvalue weighted by atomic mass is 35.5. The lowest BCUT2D eigenvalue weighted by Crippen LogP contribution is -1.92. The van der Waals surface area contributed by atoms with E-state index in [1.54, 1.807) is 6.26 Å². The summed E-state index contributed by atoms with van der Waals surface area (Å²) in [5.74, 6) is 1.80. The van der Waals surface area contributed by atoms with Gasteiger partial charge in [0.2, 0.25) is 0 Å². The van der Waals surface area contributed by atoms with Gasteiger partial charge in [-0.25, -0.2) is 0 Å². The van der Waals surface area contributed by atoms with Crippen LogP contribution in [-0.4, -0.2) is 10.1 Å². The number of alkyl halides is 1. The highest BCUT2D eigenvalue weighted by Crippen LogP contribution is 2.26. The fourth-order valence-electron chi connectivity index (χ4n) is 1.42. The van der Waals surface area contributed by atoms with Crippen molar-refractivity contribution in [1.82, 2.24) is 10.1 Å². The molecule has 0 aliphatic heterocycles. The number of furan rings is 1. The Morgan fingerprint density at radius 2 is 2.31 bits per heavy atom. The first-order chi connectivity index (χ1) is 7.70. The summed E-state index contributed by atoms with van der Waals surface area (Å²) in [4.78, 5) is 4.24. The van der Waals surface area contributed by atoms with E-state index in [1.165, 1.54) is 0 Å². The minimum atomic E-state index is -0.185. The quantitative estimate of drug-likeness (QED) is 0.765. The van der Waals surface area contributed by atoms with Crippen molar-refractivity contribution in [2.75, 3.05) is 0 Å². The molecule has 0 saturated carbocycles. The highest BCUT2D eigenvalue weighted by molar-refractivity contribution is 6.20. The summed E-state index contributed by atoms with van der Waals surface area (Å²) in [6, 6.07) is 1.85. The van der Waals surface area contributed by atoms with E-state index in [0.29, 0.717) is 11.7 Å². The Kier molecular flexibility index (Phi) is 3.29. The lowest BCUT2D eigenvalue weighted by Gasteiger charge is -1.99. The normalized spacial score (nSPS) is 12.9. The molecule has 2 heterocycles. The Morgan fingerprint density at radius 1 is 1.50 bits per heavy atom. The summed E-state index contributed by atoms with van der Waals surface area (Å²) in [6.07, 6.45) is 3.42. The fraction of sp³-hybridized carbons (Fsp3) is 0.455. The Morgan fingerprint density at radius 3 is 2.94 bits per heavy atom. The van der Waals surface area contributed by atoms with Gasteiger partial charge in [-0.2, -0.15) is 4.98 Å². The lowest BCUT2D eigenvalue weighted by molar-refractivity contribution is 0.420. The predicted molar refractivity (Wildman–Crippen MR) is 60.2 cm³/mol. The van der Waals surface area contributed by atoms with Gasteiger partial charge in [-0.05, 0) is 19.4 Å². The minimum Gasteiger partial charge on any atom is -0.469 e. The number of hydrogen-bond donors (Lipinski definition) is 0. The first-order valence-corrected chi connectivity index (χ1v) is 5.67. The zero-order chi connectivity index (χ0) is 11.5. The highest BCUT2D eigenvalue weighted by Gasteiger charge is 2.16. The van der Waals surface area contributed by atoms with E-state index in [2.05, 4.69) is 17.1 Å². The molecule has 86 valence electrons. The summed E-state index contributed by atoms with van der Waals surface area (Å²) in [6.45, 7) is 3.93. The molecule has 0 amide bonds. The molecule has 1 unspecified atom stereocenters. The van der Waals surface area contributed by atoms with Crippen molar-refractivity contribution < 1.29 is 8.94 Å². The van der Waals surface area contributed by atoms with Crippen LogP contribution in [0.4, 0.5) is 0 Å². The van der Waals surface area contributed by atoms with Gasteiger partial charge in [-0.15, -0.1) is 11.6 Å². The summed E-state index contributed by atoms with van der Waals surface area (Å²) >= 11 is 6.10. The maximum absolute atomic E-state index is 6.10. The second-order valence-electron chi connectivity index (χ2n) is 3.66. The van der Waals surface area contributed by atoms with Crippen molar-refractivity contribution in [1.29, 1.82) is 0 Å². The molecule has 16 heavy (non-hydrogen) atoms. The van der Waals surface area contributed by atoms with E-state index in [-0.39, 0.29) is 5.38 Å². The Hall–Kier alpha value is -1.29. The van der Waals surface area contributed by atoms with Gasteiger partial charge in [0.25, 0.3) is 5.89 Å². The van der Waals surface area contributed by atoms with E-state index >= 15 is 0 Å². The fourth-order valence-corrected chi connectivity index (χ4v) is 1.72. The molecule has 0 aliphatic rings. The average Bonchev–Trinajstić information content (AvgIpc) is 2.85. The smallest absolute Gasteiger partial charge is 0.261 e. The number of aryl methyl sites for hydroxylation is 1. The molecule has 0 N–H and O–H groups in total. The molecule has 1 atom stereocenters. The third-order valence-corrected chi connectivity index (χ3v) is 2.65. The van der Waals surface area contributed by atoms with Crippen LogP contribution in [0.3, 0.4) is 0 Å². The van der Waals surface area contributed by atoms with Gasteiger partial charge >= 0.3 is 0 Å². The van der Waals surface area contributed by atoms with E-state index in [1.807, 2.05) is 13.0 Å². The summed E-state index contributed by atoms with van der Waals surface area (Å²) in [7, 11) is 0. The Balaban J connectivity index is 2.19. The largest absolute Gasteiger partial charge is 0.469 e. The van der Waals surface area contributed by atoms with Crippen molar-refractivity contribution in [3.8, 4) is 11.5 Å². The number of rotatable bonds is 4. The van der Waals surface area contributed by atoms with Crippen LogP contribution in [0.2, 0.25) is 0 Å². The Bertz CT molecular complexity index is 464. The number of halogens is 1. The topological polar surface area (TPSA) is 52.1 Å². The molecule has 0 aromatic carbocycles. The standard InChI is InChI=1S/C11H13ClN2O2/c1-3-4-9(12)10-13-11(16-14-10)8-5-7(2)15-6-8/h5-6,9H,3-4H2,1-2H3. The van der Waals surface area contributed by atoms with Gasteiger partial charge in [0.1, 0.15) is 12.0 Å². The Labute approximate surface area is 98.6 Å². The SMILES string of the molecule is CCCC(Cl)c1noc(-c2coc(C)c2)n1. The molecule has 5 heteroatoms. The van der Waals surface area contributed by atoms with Crippen LogP contribution in [0.5, 0.6) is 0 Å². The van der Waals surface area contributed by atoms with Crippen LogP contribution < -0.4 is 0 Å². The summed E-state index contributed by atoms with van der Waals surface area (Å²) in [5.41, 5.74) is 0.789. The second-order valence-corrected chi connectivity index (χ2v) is 4.19. The third kappa shape index (κ3) is 2.27. The molecule has 0 radical (unpaired) electrons. The first-order valence-electron chi connectivity index (χ1n) is 5.24. The van der Waals surface area contributed by atoms with Crippen LogP contribution in [-0.2, 0) is 0 Å². The average molecular weight is 241 g/mol. The van der Waals surface area contributed by atoms with E-state index in [0.717, 1.165) is 24.2 Å². The molecule has 0 saturated heterocycles. The monoisotopic (exact) mass is 240 g/mol. The predicted octanol–water partition coefficient (Wildman–Crippen LogP) is 3.72.